The first-order chi connectivity index (χ1) is 25.5. The molecule has 0 bridgehead atoms. The van der Waals surface area contributed by atoms with Crippen LogP contribution in [0.1, 0.15) is 44.5 Å². The summed E-state index contributed by atoms with van der Waals surface area (Å²) < 4.78 is 20.0. The maximum absolute atomic E-state index is 7.69. The van der Waals surface area contributed by atoms with Crippen LogP contribution in [-0.4, -0.2) is 21.2 Å². The third-order valence-electron chi connectivity index (χ3n) is 11.9. The summed E-state index contributed by atoms with van der Waals surface area (Å²) in [4.78, 5) is 2.13. The molecule has 4 heteroatoms. The van der Waals surface area contributed by atoms with Gasteiger partial charge in [-0.3, -0.25) is 0 Å². The summed E-state index contributed by atoms with van der Waals surface area (Å²) in [7, 11) is 5.88. The number of fused-ring (bicyclic) bond motifs is 12. The molecule has 0 amide bonds. The van der Waals surface area contributed by atoms with Crippen LogP contribution in [0.2, 0.25) is 0 Å². The molecule has 2 unspecified atom stereocenters. The molecule has 0 aromatic heterocycles. The first kappa shape index (κ1) is 29.5. The lowest BCUT2D eigenvalue weighted by atomic mass is 9.68. The Morgan fingerprint density at radius 2 is 1.38 bits per heavy atom. The standard InChI is InChI=1S/C48H35NO3/c1-49(2)32-21-19-31(20-22-32)47(30-12-5-4-6-13-30)26-25-36-45-43(34-24-23-33(50-3)27-37(34)46(36)52-47)35-14-7-8-15-38(35)48(45)39-16-9-11-29-28-51-41-18-10-17-40(48)44(41)42(29)39/h4-27H,28H2,1-3H3. The van der Waals surface area contributed by atoms with Gasteiger partial charge in [0.2, 0.25) is 0 Å². The molecule has 0 fully saturated rings. The van der Waals surface area contributed by atoms with Gasteiger partial charge in [-0.15, -0.1) is 0 Å². The van der Waals surface area contributed by atoms with Crippen LogP contribution >= 0.6 is 0 Å². The molecule has 0 saturated heterocycles. The molecular formula is C48H35NO3. The minimum Gasteiger partial charge on any atom is -0.497 e. The largest absolute Gasteiger partial charge is 0.497 e. The van der Waals surface area contributed by atoms with Gasteiger partial charge in [0, 0.05) is 47.4 Å². The molecule has 2 heterocycles. The Kier molecular flexibility index (Phi) is 5.89. The normalized spacial score (nSPS) is 19.4. The minimum atomic E-state index is -0.870. The van der Waals surface area contributed by atoms with Crippen molar-refractivity contribution in [1.82, 2.24) is 0 Å². The lowest BCUT2D eigenvalue weighted by Gasteiger charge is -2.39. The fourth-order valence-electron chi connectivity index (χ4n) is 9.66. The molecule has 11 rings (SSSR count). The number of anilines is 1. The SMILES string of the molecule is COc1ccc2c3c(c4c(c2c1)OC(c1ccccc1)(c1ccc(N(C)C)cc1)C=C4)C1(c2ccccc2-3)c2cccc3c2-c2c(cccc21)OC3. The highest BCUT2D eigenvalue weighted by Crippen LogP contribution is 2.68. The van der Waals surface area contributed by atoms with Gasteiger partial charge in [0.25, 0.3) is 0 Å². The van der Waals surface area contributed by atoms with Gasteiger partial charge in [-0.25, -0.2) is 0 Å². The van der Waals surface area contributed by atoms with E-state index in [9.17, 15) is 0 Å². The van der Waals surface area contributed by atoms with Crippen molar-refractivity contribution in [3.63, 3.8) is 0 Å². The molecule has 7 aromatic rings. The maximum atomic E-state index is 7.69. The average molecular weight is 674 g/mol. The van der Waals surface area contributed by atoms with E-state index in [0.29, 0.717) is 6.61 Å². The molecule has 2 aliphatic carbocycles. The van der Waals surface area contributed by atoms with Crippen molar-refractivity contribution in [3.8, 4) is 39.5 Å². The summed E-state index contributed by atoms with van der Waals surface area (Å²) in [6, 6.07) is 48.2. The molecule has 0 N–H and O–H groups in total. The first-order valence-electron chi connectivity index (χ1n) is 17.9. The van der Waals surface area contributed by atoms with E-state index >= 15 is 0 Å². The van der Waals surface area contributed by atoms with Gasteiger partial charge in [-0.2, -0.15) is 0 Å². The number of ether oxygens (including phenoxy) is 3. The van der Waals surface area contributed by atoms with Crippen molar-refractivity contribution >= 4 is 22.5 Å². The van der Waals surface area contributed by atoms with Gasteiger partial charge < -0.3 is 19.1 Å². The zero-order valence-corrected chi connectivity index (χ0v) is 29.2. The Balaban J connectivity index is 1.29. The van der Waals surface area contributed by atoms with Gasteiger partial charge >= 0.3 is 0 Å². The molecule has 2 aliphatic heterocycles. The summed E-state index contributed by atoms with van der Waals surface area (Å²) in [6.07, 6.45) is 4.63. The fourth-order valence-corrected chi connectivity index (χ4v) is 9.66. The van der Waals surface area contributed by atoms with Gasteiger partial charge in [-0.05, 0) is 92.4 Å². The van der Waals surface area contributed by atoms with Crippen LogP contribution in [0, 0.1) is 0 Å². The molecule has 4 aliphatic rings. The third-order valence-corrected chi connectivity index (χ3v) is 11.9. The smallest absolute Gasteiger partial charge is 0.178 e. The molecule has 4 nitrogen and oxygen atoms in total. The van der Waals surface area contributed by atoms with Gasteiger partial charge in [0.1, 0.15) is 23.9 Å². The predicted molar refractivity (Wildman–Crippen MR) is 209 cm³/mol. The van der Waals surface area contributed by atoms with E-state index in [1.165, 1.54) is 50.1 Å². The zero-order chi connectivity index (χ0) is 34.8. The van der Waals surface area contributed by atoms with E-state index < -0.39 is 11.0 Å². The second-order valence-electron chi connectivity index (χ2n) is 14.5. The molecule has 7 aromatic carbocycles. The van der Waals surface area contributed by atoms with Crippen LogP contribution < -0.4 is 19.1 Å². The summed E-state index contributed by atoms with van der Waals surface area (Å²) in [6.45, 7) is 0.565. The predicted octanol–water partition coefficient (Wildman–Crippen LogP) is 10.5. The summed E-state index contributed by atoms with van der Waals surface area (Å²) in [5.41, 5.74) is 14.3. The van der Waals surface area contributed by atoms with E-state index in [-0.39, 0.29) is 0 Å². The molecule has 0 saturated carbocycles. The van der Waals surface area contributed by atoms with E-state index in [4.69, 9.17) is 14.2 Å². The Hall–Kier alpha value is -6.26. The van der Waals surface area contributed by atoms with Crippen molar-refractivity contribution in [2.24, 2.45) is 0 Å². The Bertz CT molecular complexity index is 2620. The molecule has 1 spiro atoms. The van der Waals surface area contributed by atoms with Crippen molar-refractivity contribution in [2.75, 3.05) is 26.1 Å². The van der Waals surface area contributed by atoms with Crippen molar-refractivity contribution in [3.05, 3.63) is 184 Å². The topological polar surface area (TPSA) is 30.9 Å². The monoisotopic (exact) mass is 673 g/mol. The van der Waals surface area contributed by atoms with Crippen molar-refractivity contribution < 1.29 is 14.2 Å². The summed E-state index contributed by atoms with van der Waals surface area (Å²) in [5, 5.41) is 2.18. The summed E-state index contributed by atoms with van der Waals surface area (Å²) in [5.74, 6) is 2.61. The average Bonchev–Trinajstić information content (AvgIpc) is 3.69. The maximum Gasteiger partial charge on any atom is 0.178 e. The minimum absolute atomic E-state index is 0.565. The van der Waals surface area contributed by atoms with E-state index in [1.807, 2.05) is 0 Å². The number of hydrogen-bond acceptors (Lipinski definition) is 4. The quantitative estimate of drug-likeness (QED) is 0.186. The number of nitrogens with zero attached hydrogens (tertiary/aromatic N) is 1. The molecule has 250 valence electrons. The Morgan fingerprint density at radius 3 is 2.19 bits per heavy atom. The molecule has 0 radical (unpaired) electrons. The van der Waals surface area contributed by atoms with Crippen LogP contribution in [0.4, 0.5) is 5.69 Å². The number of benzene rings is 7. The zero-order valence-electron chi connectivity index (χ0n) is 29.2. The fraction of sp³-hybridized carbons (Fsp3) is 0.125. The number of hydrogen-bond donors (Lipinski definition) is 0. The van der Waals surface area contributed by atoms with Gasteiger partial charge in [0.15, 0.2) is 5.60 Å². The number of rotatable bonds is 4. The van der Waals surface area contributed by atoms with E-state index in [1.54, 1.807) is 7.11 Å². The van der Waals surface area contributed by atoms with Crippen LogP contribution in [0.3, 0.4) is 0 Å². The lowest BCUT2D eigenvalue weighted by Crippen LogP contribution is -2.35. The second-order valence-corrected chi connectivity index (χ2v) is 14.5. The highest BCUT2D eigenvalue weighted by atomic mass is 16.5. The Morgan fingerprint density at radius 1 is 0.654 bits per heavy atom. The first-order valence-corrected chi connectivity index (χ1v) is 17.9. The van der Waals surface area contributed by atoms with Crippen LogP contribution in [0.15, 0.2) is 140 Å². The van der Waals surface area contributed by atoms with Crippen LogP contribution in [0.25, 0.3) is 39.1 Å². The van der Waals surface area contributed by atoms with E-state index in [2.05, 4.69) is 165 Å². The second kappa shape index (κ2) is 10.4. The van der Waals surface area contributed by atoms with Gasteiger partial charge in [-0.1, -0.05) is 103 Å². The van der Waals surface area contributed by atoms with Crippen molar-refractivity contribution in [2.45, 2.75) is 17.6 Å². The summed E-state index contributed by atoms with van der Waals surface area (Å²) >= 11 is 0. The highest BCUT2D eigenvalue weighted by molar-refractivity contribution is 6.12. The molecule has 2 atom stereocenters. The third kappa shape index (κ3) is 3.56. The van der Waals surface area contributed by atoms with Gasteiger partial charge in [0.05, 0.1) is 12.5 Å². The van der Waals surface area contributed by atoms with E-state index in [0.717, 1.165) is 50.4 Å². The van der Waals surface area contributed by atoms with Crippen molar-refractivity contribution in [1.29, 1.82) is 0 Å². The van der Waals surface area contributed by atoms with Crippen LogP contribution in [-0.2, 0) is 17.6 Å². The Labute approximate surface area is 303 Å². The number of methoxy groups -OCH3 is 1. The van der Waals surface area contributed by atoms with Crippen LogP contribution in [0.5, 0.6) is 17.2 Å². The highest BCUT2D eigenvalue weighted by Gasteiger charge is 2.56. The lowest BCUT2D eigenvalue weighted by molar-refractivity contribution is 0.163. The molecular weight excluding hydrogens is 639 g/mol. The molecule has 52 heavy (non-hydrogen) atoms.